The molecule has 0 unspecified atom stereocenters. The molecule has 2 aliphatic rings. The Morgan fingerprint density at radius 1 is 1.25 bits per heavy atom. The minimum atomic E-state index is -0.504. The lowest BCUT2D eigenvalue weighted by atomic mass is 10.1. The van der Waals surface area contributed by atoms with Crippen LogP contribution in [0.15, 0.2) is 48.8 Å². The predicted molar refractivity (Wildman–Crippen MR) is 137 cm³/mol. The smallest absolute Gasteiger partial charge is 0.248 e. The minimum Gasteiger partial charge on any atom is -0.491 e. The maximum absolute atomic E-state index is 13.6. The molecule has 0 spiro atoms. The summed E-state index contributed by atoms with van der Waals surface area (Å²) in [7, 11) is 3.86. The van der Waals surface area contributed by atoms with Crippen LogP contribution in [-0.4, -0.2) is 61.2 Å². The van der Waals surface area contributed by atoms with Crippen molar-refractivity contribution in [2.45, 2.75) is 0 Å². The summed E-state index contributed by atoms with van der Waals surface area (Å²) in [5.41, 5.74) is 1.72. The first-order chi connectivity index (χ1) is 17.4. The van der Waals surface area contributed by atoms with Gasteiger partial charge in [-0.05, 0) is 50.2 Å². The second-order valence-electron chi connectivity index (χ2n) is 9.34. The van der Waals surface area contributed by atoms with Crippen LogP contribution >= 0.6 is 11.6 Å². The Kier molecular flexibility index (Phi) is 7.04. The SMILES string of the molecule is CN(C)C/C=C/C(=O)Nc1cc2c(Nc3ccc(F)c(Cl)c3)ncnc2cc1OC[C@@H]1[C@@H]2COC[C@@H]21. The molecular formula is C26H27ClFN5O3. The van der Waals surface area contributed by atoms with E-state index in [1.165, 1.54) is 24.5 Å². The summed E-state index contributed by atoms with van der Waals surface area (Å²) in [5.74, 6) is 1.82. The van der Waals surface area contributed by atoms with Crippen LogP contribution in [0.4, 0.5) is 21.6 Å². The lowest BCUT2D eigenvalue weighted by Gasteiger charge is -2.16. The number of nitrogens with zero attached hydrogens (tertiary/aromatic N) is 3. The average molecular weight is 512 g/mol. The minimum absolute atomic E-state index is 0.00162. The predicted octanol–water partition coefficient (Wildman–Crippen LogP) is 4.49. The molecule has 1 saturated carbocycles. The van der Waals surface area contributed by atoms with E-state index in [0.29, 0.717) is 64.8 Å². The van der Waals surface area contributed by atoms with E-state index in [1.54, 1.807) is 24.3 Å². The van der Waals surface area contributed by atoms with Crippen molar-refractivity contribution in [1.29, 1.82) is 0 Å². The zero-order chi connectivity index (χ0) is 25.2. The third kappa shape index (κ3) is 5.43. The number of hydrogen-bond donors (Lipinski definition) is 2. The highest BCUT2D eigenvalue weighted by atomic mass is 35.5. The molecule has 8 nitrogen and oxygen atoms in total. The van der Waals surface area contributed by atoms with Gasteiger partial charge in [0.25, 0.3) is 0 Å². The van der Waals surface area contributed by atoms with E-state index in [1.807, 2.05) is 19.0 Å². The van der Waals surface area contributed by atoms with Crippen LogP contribution in [0.5, 0.6) is 5.75 Å². The van der Waals surface area contributed by atoms with Gasteiger partial charge in [-0.3, -0.25) is 4.79 Å². The summed E-state index contributed by atoms with van der Waals surface area (Å²) in [6, 6.07) is 7.92. The van der Waals surface area contributed by atoms with Crippen molar-refractivity contribution in [2.75, 3.05) is 51.1 Å². The molecule has 1 saturated heterocycles. The van der Waals surface area contributed by atoms with Crippen molar-refractivity contribution in [3.8, 4) is 5.75 Å². The van der Waals surface area contributed by atoms with Crippen LogP contribution in [0.1, 0.15) is 0 Å². The number of benzene rings is 2. The molecule has 3 atom stereocenters. The van der Waals surface area contributed by atoms with Crippen LogP contribution in [0.2, 0.25) is 5.02 Å². The van der Waals surface area contributed by atoms with Crippen molar-refractivity contribution in [3.63, 3.8) is 0 Å². The molecule has 2 heterocycles. The molecule has 1 aliphatic heterocycles. The molecule has 0 radical (unpaired) electrons. The Balaban J connectivity index is 1.43. The first-order valence-electron chi connectivity index (χ1n) is 11.7. The molecule has 1 amide bonds. The number of amides is 1. The summed E-state index contributed by atoms with van der Waals surface area (Å²) in [6.07, 6.45) is 4.72. The molecular weight excluding hydrogens is 485 g/mol. The monoisotopic (exact) mass is 511 g/mol. The molecule has 2 aromatic carbocycles. The second-order valence-corrected chi connectivity index (χ2v) is 9.74. The fraction of sp³-hybridized carbons (Fsp3) is 0.346. The van der Waals surface area contributed by atoms with Crippen LogP contribution in [-0.2, 0) is 9.53 Å². The van der Waals surface area contributed by atoms with Gasteiger partial charge in [0, 0.05) is 35.7 Å². The standard InChI is InChI=1S/C26H27ClFN5O3/c1-33(2)7-3-4-25(34)32-23-9-16-22(10-24(23)36-13-19-17-11-35-12-18(17)19)29-14-30-26(16)31-15-5-6-21(28)20(27)8-15/h3-6,8-10,14,17-19H,7,11-13H2,1-2H3,(H,32,34)(H,29,30,31)/b4-3+/t17-,18+,19-. The third-order valence-electron chi connectivity index (χ3n) is 6.48. The number of likely N-dealkylation sites (N-methyl/N-ethyl adjacent to an activating group) is 1. The van der Waals surface area contributed by atoms with Crippen molar-refractivity contribution >= 4 is 45.6 Å². The van der Waals surface area contributed by atoms with Crippen molar-refractivity contribution < 1.29 is 18.7 Å². The zero-order valence-electron chi connectivity index (χ0n) is 20.0. The molecule has 188 valence electrons. The number of carbonyl (C=O) groups excluding carboxylic acids is 1. The first-order valence-corrected chi connectivity index (χ1v) is 12.1. The maximum Gasteiger partial charge on any atom is 0.248 e. The molecule has 3 aromatic rings. The largest absolute Gasteiger partial charge is 0.491 e. The highest BCUT2D eigenvalue weighted by molar-refractivity contribution is 6.31. The summed E-state index contributed by atoms with van der Waals surface area (Å²) in [6.45, 7) is 2.76. The number of hydrogen-bond acceptors (Lipinski definition) is 7. The van der Waals surface area contributed by atoms with Gasteiger partial charge < -0.3 is 25.0 Å². The van der Waals surface area contributed by atoms with Gasteiger partial charge in [-0.1, -0.05) is 17.7 Å². The number of carbonyl (C=O) groups is 1. The fourth-order valence-corrected chi connectivity index (χ4v) is 4.63. The van der Waals surface area contributed by atoms with Crippen LogP contribution in [0.25, 0.3) is 10.9 Å². The Hall–Kier alpha value is -3.27. The fourth-order valence-electron chi connectivity index (χ4n) is 4.45. The van der Waals surface area contributed by atoms with Gasteiger partial charge in [0.1, 0.15) is 23.7 Å². The van der Waals surface area contributed by atoms with Gasteiger partial charge in [-0.25, -0.2) is 14.4 Å². The van der Waals surface area contributed by atoms with Crippen LogP contribution < -0.4 is 15.4 Å². The summed E-state index contributed by atoms with van der Waals surface area (Å²) in [5, 5.41) is 6.75. The Morgan fingerprint density at radius 3 is 2.81 bits per heavy atom. The van der Waals surface area contributed by atoms with Crippen molar-refractivity contribution in [2.24, 2.45) is 17.8 Å². The van der Waals surface area contributed by atoms with E-state index in [9.17, 15) is 9.18 Å². The van der Waals surface area contributed by atoms with Crippen LogP contribution in [0, 0.1) is 23.6 Å². The molecule has 1 aliphatic carbocycles. The maximum atomic E-state index is 13.6. The molecule has 2 N–H and O–H groups in total. The lowest BCUT2D eigenvalue weighted by molar-refractivity contribution is -0.111. The molecule has 1 aromatic heterocycles. The summed E-state index contributed by atoms with van der Waals surface area (Å²) >= 11 is 5.93. The normalized spacial score (nSPS) is 20.6. The van der Waals surface area contributed by atoms with E-state index in [2.05, 4.69) is 20.6 Å². The first kappa shape index (κ1) is 24.4. The van der Waals surface area contributed by atoms with Gasteiger partial charge in [0.15, 0.2) is 0 Å². The van der Waals surface area contributed by atoms with E-state index >= 15 is 0 Å². The second kappa shape index (κ2) is 10.4. The summed E-state index contributed by atoms with van der Waals surface area (Å²) in [4.78, 5) is 23.4. The van der Waals surface area contributed by atoms with Crippen molar-refractivity contribution in [1.82, 2.24) is 14.9 Å². The quantitative estimate of drug-likeness (QED) is 0.409. The Morgan fingerprint density at radius 2 is 2.06 bits per heavy atom. The number of rotatable bonds is 9. The number of halogens is 2. The lowest BCUT2D eigenvalue weighted by Crippen LogP contribution is -2.14. The highest BCUT2D eigenvalue weighted by Gasteiger charge is 2.54. The van der Waals surface area contributed by atoms with Gasteiger partial charge in [0.05, 0.1) is 36.0 Å². The number of aromatic nitrogens is 2. The third-order valence-corrected chi connectivity index (χ3v) is 6.77. The average Bonchev–Trinajstić information content (AvgIpc) is 3.26. The van der Waals surface area contributed by atoms with Crippen LogP contribution in [0.3, 0.4) is 0 Å². The molecule has 36 heavy (non-hydrogen) atoms. The summed E-state index contributed by atoms with van der Waals surface area (Å²) < 4.78 is 25.3. The molecule has 10 heteroatoms. The van der Waals surface area contributed by atoms with E-state index in [4.69, 9.17) is 21.1 Å². The van der Waals surface area contributed by atoms with Gasteiger partial charge in [-0.2, -0.15) is 0 Å². The van der Waals surface area contributed by atoms with Gasteiger partial charge in [0.2, 0.25) is 5.91 Å². The van der Waals surface area contributed by atoms with E-state index in [-0.39, 0.29) is 10.9 Å². The van der Waals surface area contributed by atoms with E-state index in [0.717, 1.165) is 13.2 Å². The van der Waals surface area contributed by atoms with Gasteiger partial charge >= 0.3 is 0 Å². The number of anilines is 3. The Bertz CT molecular complexity index is 1310. The topological polar surface area (TPSA) is 88.6 Å². The molecule has 2 fully saturated rings. The molecule has 0 bridgehead atoms. The number of ether oxygens (including phenoxy) is 2. The van der Waals surface area contributed by atoms with E-state index < -0.39 is 5.82 Å². The van der Waals surface area contributed by atoms with Gasteiger partial charge in [-0.15, -0.1) is 0 Å². The highest BCUT2D eigenvalue weighted by Crippen LogP contribution is 2.51. The Labute approximate surface area is 213 Å². The zero-order valence-corrected chi connectivity index (χ0v) is 20.8. The number of fused-ring (bicyclic) bond motifs is 2. The number of nitrogens with one attached hydrogen (secondary N) is 2. The van der Waals surface area contributed by atoms with Crippen molar-refractivity contribution in [3.05, 3.63) is 59.7 Å². The molecule has 5 rings (SSSR count).